The first-order valence-corrected chi connectivity index (χ1v) is 5.20. The second kappa shape index (κ2) is 4.30. The van der Waals surface area contributed by atoms with E-state index in [4.69, 9.17) is 0 Å². The summed E-state index contributed by atoms with van der Waals surface area (Å²) in [6, 6.07) is 0. The lowest BCUT2D eigenvalue weighted by Crippen LogP contribution is -2.41. The average molecular weight is 198 g/mol. The highest BCUT2D eigenvalue weighted by Gasteiger charge is 2.24. The largest absolute Gasteiger partial charge is 0.393 e. The van der Waals surface area contributed by atoms with Crippen molar-refractivity contribution in [3.63, 3.8) is 0 Å². The van der Waals surface area contributed by atoms with Gasteiger partial charge < -0.3 is 10.0 Å². The normalized spacial score (nSPS) is 19.9. The number of aliphatic hydroxyl groups excluding tert-OH is 1. The molecule has 1 fully saturated rings. The lowest BCUT2D eigenvalue weighted by Gasteiger charge is -2.31. The number of nitrogens with zero attached hydrogens (tertiary/aromatic N) is 1. The summed E-state index contributed by atoms with van der Waals surface area (Å²) in [7, 11) is 0. The lowest BCUT2D eigenvalue weighted by molar-refractivity contribution is -0.134. The maximum absolute atomic E-state index is 11.7. The smallest absolute Gasteiger partial charge is 0.223 e. The van der Waals surface area contributed by atoms with Crippen molar-refractivity contribution in [3.05, 3.63) is 6.92 Å². The molecule has 3 heteroatoms. The van der Waals surface area contributed by atoms with Crippen LogP contribution in [0.2, 0.25) is 0 Å². The van der Waals surface area contributed by atoms with Crippen LogP contribution in [0.15, 0.2) is 0 Å². The van der Waals surface area contributed by atoms with Crippen LogP contribution in [0.5, 0.6) is 0 Å². The Kier molecular flexibility index (Phi) is 3.53. The molecule has 1 amide bonds. The van der Waals surface area contributed by atoms with Crippen molar-refractivity contribution in [2.75, 3.05) is 13.1 Å². The summed E-state index contributed by atoms with van der Waals surface area (Å²) in [6.07, 6.45) is 1.70. The molecule has 1 aliphatic heterocycles. The van der Waals surface area contributed by atoms with Crippen LogP contribution >= 0.6 is 0 Å². The molecule has 0 saturated carbocycles. The number of carbonyl (C=O) groups excluding carboxylic acids is 1. The second-order valence-electron chi connectivity index (χ2n) is 4.95. The maximum Gasteiger partial charge on any atom is 0.223 e. The minimum atomic E-state index is -0.216. The third-order valence-corrected chi connectivity index (χ3v) is 2.45. The third-order valence-electron chi connectivity index (χ3n) is 2.45. The van der Waals surface area contributed by atoms with Crippen LogP contribution in [0.3, 0.4) is 0 Å². The van der Waals surface area contributed by atoms with Crippen LogP contribution < -0.4 is 0 Å². The Morgan fingerprint density at radius 1 is 1.50 bits per heavy atom. The molecule has 1 rings (SSSR count). The van der Waals surface area contributed by atoms with Crippen LogP contribution in [0.25, 0.3) is 0 Å². The first kappa shape index (κ1) is 11.5. The molecule has 0 spiro atoms. The van der Waals surface area contributed by atoms with Crippen LogP contribution in [-0.4, -0.2) is 35.1 Å². The topological polar surface area (TPSA) is 40.5 Å². The number of aliphatic hydroxyl groups is 1. The highest BCUT2D eigenvalue weighted by molar-refractivity contribution is 5.77. The fraction of sp³-hybridized carbons (Fsp3) is 0.818. The summed E-state index contributed by atoms with van der Waals surface area (Å²) in [4.78, 5) is 13.6. The van der Waals surface area contributed by atoms with Crippen LogP contribution in [-0.2, 0) is 4.79 Å². The molecule has 0 atom stereocenters. The Morgan fingerprint density at radius 3 is 2.43 bits per heavy atom. The summed E-state index contributed by atoms with van der Waals surface area (Å²) in [5.74, 6) is 0.164. The van der Waals surface area contributed by atoms with Crippen LogP contribution in [0.4, 0.5) is 0 Å². The zero-order valence-corrected chi connectivity index (χ0v) is 9.12. The van der Waals surface area contributed by atoms with Crippen molar-refractivity contribution >= 4 is 5.91 Å². The fourth-order valence-electron chi connectivity index (χ4n) is 1.64. The minimum absolute atomic E-state index is 0.164. The number of rotatable bonds is 2. The zero-order chi connectivity index (χ0) is 10.8. The number of hydrogen-bond donors (Lipinski definition) is 1. The van der Waals surface area contributed by atoms with Crippen molar-refractivity contribution in [3.8, 4) is 0 Å². The molecule has 1 N–H and O–H groups in total. The van der Waals surface area contributed by atoms with E-state index in [0.29, 0.717) is 32.4 Å². The number of piperidine rings is 1. The Hall–Kier alpha value is -0.570. The van der Waals surface area contributed by atoms with Gasteiger partial charge in [-0.2, -0.15) is 0 Å². The Morgan fingerprint density at radius 2 is 2.00 bits per heavy atom. The predicted octanol–water partition coefficient (Wildman–Crippen LogP) is 1.22. The monoisotopic (exact) mass is 198 g/mol. The molecule has 1 saturated heterocycles. The molecular formula is C11H20NO2. The van der Waals surface area contributed by atoms with E-state index in [1.807, 2.05) is 18.7 Å². The fourth-order valence-corrected chi connectivity index (χ4v) is 1.64. The quantitative estimate of drug-likeness (QED) is 0.724. The highest BCUT2D eigenvalue weighted by atomic mass is 16.3. The van der Waals surface area contributed by atoms with Gasteiger partial charge in [0.1, 0.15) is 0 Å². The van der Waals surface area contributed by atoms with Crippen molar-refractivity contribution in [1.82, 2.24) is 4.90 Å². The number of likely N-dealkylation sites (tertiary alicyclic amines) is 1. The lowest BCUT2D eigenvalue weighted by atomic mass is 9.91. The van der Waals surface area contributed by atoms with E-state index in [-0.39, 0.29) is 17.4 Å². The minimum Gasteiger partial charge on any atom is -0.393 e. The predicted molar refractivity (Wildman–Crippen MR) is 55.6 cm³/mol. The molecule has 0 aromatic rings. The first-order chi connectivity index (χ1) is 6.38. The summed E-state index contributed by atoms with van der Waals surface area (Å²) in [6.45, 7) is 9.23. The first-order valence-electron chi connectivity index (χ1n) is 5.20. The molecule has 0 aromatic carbocycles. The summed E-state index contributed by atoms with van der Waals surface area (Å²) in [5.41, 5.74) is -0.187. The van der Waals surface area contributed by atoms with Gasteiger partial charge in [-0.05, 0) is 25.2 Å². The Balaban J connectivity index is 2.38. The van der Waals surface area contributed by atoms with E-state index in [1.165, 1.54) is 0 Å². The van der Waals surface area contributed by atoms with E-state index in [0.717, 1.165) is 0 Å². The molecule has 0 bridgehead atoms. The van der Waals surface area contributed by atoms with Crippen LogP contribution in [0, 0.1) is 12.3 Å². The number of amides is 1. The van der Waals surface area contributed by atoms with Gasteiger partial charge in [0.05, 0.1) is 6.10 Å². The van der Waals surface area contributed by atoms with Gasteiger partial charge in [0.25, 0.3) is 0 Å². The number of hydrogen-bond acceptors (Lipinski definition) is 2. The molecular weight excluding hydrogens is 178 g/mol. The number of carbonyl (C=O) groups is 1. The molecule has 14 heavy (non-hydrogen) atoms. The second-order valence-corrected chi connectivity index (χ2v) is 4.95. The van der Waals surface area contributed by atoms with E-state index in [2.05, 4.69) is 6.92 Å². The molecule has 1 aliphatic rings. The van der Waals surface area contributed by atoms with Crippen molar-refractivity contribution < 1.29 is 9.90 Å². The maximum atomic E-state index is 11.7. The van der Waals surface area contributed by atoms with Gasteiger partial charge in [0.15, 0.2) is 0 Å². The SMILES string of the molecule is [CH2]C(C)(C)CC(=O)N1CCC(O)CC1. The van der Waals surface area contributed by atoms with E-state index >= 15 is 0 Å². The average Bonchev–Trinajstić information content (AvgIpc) is 2.02. The van der Waals surface area contributed by atoms with Crippen molar-refractivity contribution in [1.29, 1.82) is 0 Å². The van der Waals surface area contributed by atoms with Gasteiger partial charge in [-0.1, -0.05) is 13.8 Å². The van der Waals surface area contributed by atoms with E-state index in [1.54, 1.807) is 0 Å². The summed E-state index contributed by atoms with van der Waals surface area (Å²) < 4.78 is 0. The molecule has 1 heterocycles. The van der Waals surface area contributed by atoms with E-state index in [9.17, 15) is 9.90 Å². The highest BCUT2D eigenvalue weighted by Crippen LogP contribution is 2.21. The Bertz CT molecular complexity index is 200. The molecule has 0 aromatic heterocycles. The molecule has 81 valence electrons. The van der Waals surface area contributed by atoms with Gasteiger partial charge in [-0.3, -0.25) is 4.79 Å². The zero-order valence-electron chi connectivity index (χ0n) is 9.12. The summed E-state index contributed by atoms with van der Waals surface area (Å²) >= 11 is 0. The third kappa shape index (κ3) is 3.66. The van der Waals surface area contributed by atoms with Gasteiger partial charge in [0, 0.05) is 19.5 Å². The Labute approximate surface area is 86.1 Å². The standard InChI is InChI=1S/C11H20NO2/c1-11(2,3)8-10(14)12-6-4-9(13)5-7-12/h9,13H,1,4-8H2,2-3H3. The van der Waals surface area contributed by atoms with Crippen molar-refractivity contribution in [2.45, 2.75) is 39.2 Å². The van der Waals surface area contributed by atoms with Crippen LogP contribution in [0.1, 0.15) is 33.1 Å². The van der Waals surface area contributed by atoms with Gasteiger partial charge in [-0.15, -0.1) is 0 Å². The van der Waals surface area contributed by atoms with E-state index < -0.39 is 0 Å². The molecule has 3 nitrogen and oxygen atoms in total. The van der Waals surface area contributed by atoms with Crippen molar-refractivity contribution in [2.24, 2.45) is 5.41 Å². The summed E-state index contributed by atoms with van der Waals surface area (Å²) in [5, 5.41) is 9.29. The van der Waals surface area contributed by atoms with Gasteiger partial charge in [-0.25, -0.2) is 0 Å². The molecule has 0 aliphatic carbocycles. The molecule has 1 radical (unpaired) electrons. The van der Waals surface area contributed by atoms with Gasteiger partial charge in [0.2, 0.25) is 5.91 Å². The molecule has 0 unspecified atom stereocenters. The van der Waals surface area contributed by atoms with Gasteiger partial charge >= 0.3 is 0 Å².